The fourth-order valence-electron chi connectivity index (χ4n) is 2.69. The third-order valence-corrected chi connectivity index (χ3v) is 4.29. The molecule has 0 saturated carbocycles. The number of aryl methyl sites for hydroxylation is 1. The van der Waals surface area contributed by atoms with Gasteiger partial charge in [-0.2, -0.15) is 0 Å². The summed E-state index contributed by atoms with van der Waals surface area (Å²) in [7, 11) is 0. The highest BCUT2D eigenvalue weighted by molar-refractivity contribution is 6.31. The zero-order chi connectivity index (χ0) is 15.1. The van der Waals surface area contributed by atoms with E-state index in [1.807, 2.05) is 12.1 Å². The zero-order valence-corrected chi connectivity index (χ0v) is 13.7. The molecule has 0 spiro atoms. The molecule has 2 aromatic rings. The molecule has 0 aromatic heterocycles. The smallest absolute Gasteiger partial charge is 0.0438 e. The molecule has 0 bridgehead atoms. The number of halogens is 1. The summed E-state index contributed by atoms with van der Waals surface area (Å²) in [5.41, 5.74) is 4.06. The third kappa shape index (κ3) is 4.87. The molecule has 0 radical (unpaired) electrons. The lowest BCUT2D eigenvalue weighted by Crippen LogP contribution is -2.26. The Morgan fingerprint density at radius 3 is 2.24 bits per heavy atom. The Morgan fingerprint density at radius 2 is 1.57 bits per heavy atom. The summed E-state index contributed by atoms with van der Waals surface area (Å²) in [4.78, 5) is 0. The molecule has 1 N–H and O–H groups in total. The number of hydrogen-bond donors (Lipinski definition) is 1. The largest absolute Gasteiger partial charge is 0.317 e. The van der Waals surface area contributed by atoms with Gasteiger partial charge >= 0.3 is 0 Å². The Balaban J connectivity index is 2.11. The maximum Gasteiger partial charge on any atom is 0.0438 e. The van der Waals surface area contributed by atoms with Crippen LogP contribution >= 0.6 is 11.6 Å². The van der Waals surface area contributed by atoms with Gasteiger partial charge in [0.15, 0.2) is 0 Å². The van der Waals surface area contributed by atoms with E-state index < -0.39 is 0 Å². The van der Waals surface area contributed by atoms with Crippen LogP contribution in [0.3, 0.4) is 0 Å². The number of benzene rings is 2. The topological polar surface area (TPSA) is 12.0 Å². The standard InChI is InChI=1S/C19H24ClN/c1-3-21-14-16(12-17-9-5-4-8-15(17)2)13-18-10-6-7-11-19(18)20/h4-11,16,21H,3,12-14H2,1-2H3. The van der Waals surface area contributed by atoms with Gasteiger partial charge in [-0.3, -0.25) is 0 Å². The fraction of sp³-hybridized carbons (Fsp3) is 0.368. The molecule has 0 fully saturated rings. The van der Waals surface area contributed by atoms with Gasteiger partial charge in [0.05, 0.1) is 0 Å². The maximum atomic E-state index is 6.32. The number of hydrogen-bond acceptors (Lipinski definition) is 1. The van der Waals surface area contributed by atoms with Crippen LogP contribution in [0.1, 0.15) is 23.6 Å². The van der Waals surface area contributed by atoms with Crippen molar-refractivity contribution >= 4 is 11.6 Å². The summed E-state index contributed by atoms with van der Waals surface area (Å²) in [6, 6.07) is 16.8. The Morgan fingerprint density at radius 1 is 0.952 bits per heavy atom. The molecule has 1 unspecified atom stereocenters. The first kappa shape index (κ1) is 16.1. The first-order valence-corrected chi connectivity index (χ1v) is 8.07. The van der Waals surface area contributed by atoms with Gasteiger partial charge in [-0.05, 0) is 61.5 Å². The molecule has 0 amide bonds. The lowest BCUT2D eigenvalue weighted by Gasteiger charge is -2.19. The van der Waals surface area contributed by atoms with Crippen molar-refractivity contribution in [3.05, 3.63) is 70.2 Å². The van der Waals surface area contributed by atoms with E-state index in [2.05, 4.69) is 55.6 Å². The van der Waals surface area contributed by atoms with Gasteiger partial charge in [0.1, 0.15) is 0 Å². The van der Waals surface area contributed by atoms with Crippen LogP contribution in [0.4, 0.5) is 0 Å². The molecule has 2 rings (SSSR count). The quantitative estimate of drug-likeness (QED) is 0.784. The molecule has 1 nitrogen and oxygen atoms in total. The normalized spacial score (nSPS) is 12.3. The van der Waals surface area contributed by atoms with Gasteiger partial charge in [-0.15, -0.1) is 0 Å². The lowest BCUT2D eigenvalue weighted by molar-refractivity contribution is 0.477. The molecule has 0 saturated heterocycles. The second kappa shape index (κ2) is 8.21. The maximum absolute atomic E-state index is 6.32. The van der Waals surface area contributed by atoms with Crippen molar-refractivity contribution in [1.82, 2.24) is 5.32 Å². The molecule has 0 aliphatic carbocycles. The molecular formula is C19H24ClN. The Labute approximate surface area is 133 Å². The SMILES string of the molecule is CCNCC(Cc1ccccc1C)Cc1ccccc1Cl. The van der Waals surface area contributed by atoms with E-state index in [-0.39, 0.29) is 0 Å². The highest BCUT2D eigenvalue weighted by Crippen LogP contribution is 2.22. The minimum Gasteiger partial charge on any atom is -0.317 e. The van der Waals surface area contributed by atoms with Gasteiger partial charge in [0.2, 0.25) is 0 Å². The number of nitrogens with one attached hydrogen (secondary N) is 1. The summed E-state index contributed by atoms with van der Waals surface area (Å²) in [6.07, 6.45) is 2.10. The molecule has 112 valence electrons. The molecule has 2 heteroatoms. The van der Waals surface area contributed by atoms with Crippen LogP contribution in [-0.4, -0.2) is 13.1 Å². The Bertz CT molecular complexity index is 517. The van der Waals surface area contributed by atoms with Gasteiger partial charge in [0, 0.05) is 5.02 Å². The predicted molar refractivity (Wildman–Crippen MR) is 92.1 cm³/mol. The van der Waals surface area contributed by atoms with E-state index in [0.717, 1.165) is 31.0 Å². The summed E-state index contributed by atoms with van der Waals surface area (Å²) in [5, 5.41) is 4.36. The van der Waals surface area contributed by atoms with Crippen molar-refractivity contribution in [1.29, 1.82) is 0 Å². The van der Waals surface area contributed by atoms with E-state index in [0.29, 0.717) is 5.92 Å². The van der Waals surface area contributed by atoms with Crippen LogP contribution in [0.5, 0.6) is 0 Å². The summed E-state index contributed by atoms with van der Waals surface area (Å²) in [6.45, 7) is 6.37. The molecule has 0 heterocycles. The van der Waals surface area contributed by atoms with Gasteiger partial charge in [0.25, 0.3) is 0 Å². The molecule has 21 heavy (non-hydrogen) atoms. The van der Waals surface area contributed by atoms with Crippen molar-refractivity contribution in [2.24, 2.45) is 5.92 Å². The van der Waals surface area contributed by atoms with Crippen LogP contribution in [0.15, 0.2) is 48.5 Å². The fourth-order valence-corrected chi connectivity index (χ4v) is 2.90. The Kier molecular flexibility index (Phi) is 6.28. The van der Waals surface area contributed by atoms with Crippen molar-refractivity contribution in [2.45, 2.75) is 26.7 Å². The van der Waals surface area contributed by atoms with Gasteiger partial charge < -0.3 is 5.32 Å². The van der Waals surface area contributed by atoms with E-state index in [1.165, 1.54) is 16.7 Å². The van der Waals surface area contributed by atoms with E-state index in [4.69, 9.17) is 11.6 Å². The minimum atomic E-state index is 0.561. The second-order valence-electron chi connectivity index (χ2n) is 5.60. The van der Waals surface area contributed by atoms with Crippen LogP contribution in [-0.2, 0) is 12.8 Å². The van der Waals surface area contributed by atoms with E-state index in [9.17, 15) is 0 Å². The van der Waals surface area contributed by atoms with Crippen molar-refractivity contribution in [3.8, 4) is 0 Å². The van der Waals surface area contributed by atoms with Gasteiger partial charge in [-0.25, -0.2) is 0 Å². The predicted octanol–water partition coefficient (Wildman–Crippen LogP) is 4.66. The lowest BCUT2D eigenvalue weighted by atomic mass is 9.90. The molecule has 2 aromatic carbocycles. The van der Waals surface area contributed by atoms with Crippen LogP contribution in [0, 0.1) is 12.8 Å². The van der Waals surface area contributed by atoms with Crippen molar-refractivity contribution in [2.75, 3.05) is 13.1 Å². The average Bonchev–Trinajstić information content (AvgIpc) is 2.49. The highest BCUT2D eigenvalue weighted by Gasteiger charge is 2.13. The molecular weight excluding hydrogens is 278 g/mol. The third-order valence-electron chi connectivity index (χ3n) is 3.92. The van der Waals surface area contributed by atoms with Crippen molar-refractivity contribution < 1.29 is 0 Å². The van der Waals surface area contributed by atoms with Crippen LogP contribution < -0.4 is 5.32 Å². The Hall–Kier alpha value is -1.31. The first-order valence-electron chi connectivity index (χ1n) is 7.69. The molecule has 1 atom stereocenters. The summed E-state index contributed by atoms with van der Waals surface area (Å²) in [5.74, 6) is 0.561. The average molecular weight is 302 g/mol. The molecule has 0 aliphatic rings. The first-order chi connectivity index (χ1) is 10.2. The second-order valence-corrected chi connectivity index (χ2v) is 6.01. The minimum absolute atomic E-state index is 0.561. The molecule has 0 aliphatic heterocycles. The van der Waals surface area contributed by atoms with E-state index in [1.54, 1.807) is 0 Å². The van der Waals surface area contributed by atoms with Crippen LogP contribution in [0.2, 0.25) is 5.02 Å². The van der Waals surface area contributed by atoms with E-state index >= 15 is 0 Å². The number of rotatable bonds is 7. The van der Waals surface area contributed by atoms with Gasteiger partial charge in [-0.1, -0.05) is 61.0 Å². The monoisotopic (exact) mass is 301 g/mol. The summed E-state index contributed by atoms with van der Waals surface area (Å²) < 4.78 is 0. The highest BCUT2D eigenvalue weighted by atomic mass is 35.5. The summed E-state index contributed by atoms with van der Waals surface area (Å²) >= 11 is 6.32. The van der Waals surface area contributed by atoms with Crippen molar-refractivity contribution in [3.63, 3.8) is 0 Å². The van der Waals surface area contributed by atoms with Crippen LogP contribution in [0.25, 0.3) is 0 Å². The zero-order valence-electron chi connectivity index (χ0n) is 12.9.